The third-order valence-corrected chi connectivity index (χ3v) is 3.09. The first-order chi connectivity index (χ1) is 7.56. The molecule has 0 fully saturated rings. The molecule has 0 saturated carbocycles. The van der Waals surface area contributed by atoms with Gasteiger partial charge in [-0.15, -0.1) is 0 Å². The number of hydrogen-bond donors (Lipinski definition) is 1. The van der Waals surface area contributed by atoms with Crippen molar-refractivity contribution in [2.75, 3.05) is 7.11 Å². The zero-order chi connectivity index (χ0) is 11.9. The fraction of sp³-hybridized carbons (Fsp3) is 0.250. The van der Waals surface area contributed by atoms with Crippen LogP contribution in [0.15, 0.2) is 16.9 Å². The van der Waals surface area contributed by atoms with Gasteiger partial charge in [-0.05, 0) is 26.0 Å². The molecule has 84 valence electrons. The molecule has 0 atom stereocenters. The summed E-state index contributed by atoms with van der Waals surface area (Å²) in [6.07, 6.45) is 0. The zero-order valence-corrected chi connectivity index (χ0v) is 10.1. The number of hydrogen-bond acceptors (Lipinski definition) is 2. The first kappa shape index (κ1) is 11.0. The molecule has 0 aliphatic heterocycles. The number of halogens is 1. The maximum Gasteiger partial charge on any atom is 0.194 e. The molecule has 1 aromatic carbocycles. The van der Waals surface area contributed by atoms with Crippen molar-refractivity contribution in [1.82, 2.24) is 4.98 Å². The smallest absolute Gasteiger partial charge is 0.194 e. The SMILES string of the molecule is COc1ccc(Cl)c2c(=O)c(C)c(C)[nH]c12. The second kappa shape index (κ2) is 3.83. The van der Waals surface area contributed by atoms with Crippen molar-refractivity contribution < 1.29 is 4.74 Å². The largest absolute Gasteiger partial charge is 0.495 e. The Hall–Kier alpha value is -1.48. The molecule has 0 aliphatic rings. The minimum Gasteiger partial charge on any atom is -0.495 e. The molecule has 1 aromatic heterocycles. The van der Waals surface area contributed by atoms with Crippen molar-refractivity contribution in [3.8, 4) is 5.75 Å². The third-order valence-electron chi connectivity index (χ3n) is 2.78. The van der Waals surface area contributed by atoms with Gasteiger partial charge < -0.3 is 9.72 Å². The van der Waals surface area contributed by atoms with Gasteiger partial charge in [0.15, 0.2) is 5.43 Å². The second-order valence-corrected chi connectivity index (χ2v) is 4.11. The predicted octanol–water partition coefficient (Wildman–Crippen LogP) is 2.81. The fourth-order valence-corrected chi connectivity index (χ4v) is 1.96. The molecule has 3 nitrogen and oxygen atoms in total. The Bertz CT molecular complexity index is 616. The highest BCUT2D eigenvalue weighted by Crippen LogP contribution is 2.28. The number of aromatic amines is 1. The summed E-state index contributed by atoms with van der Waals surface area (Å²) in [5, 5.41) is 0.935. The maximum absolute atomic E-state index is 12.1. The van der Waals surface area contributed by atoms with E-state index in [0.717, 1.165) is 5.69 Å². The van der Waals surface area contributed by atoms with E-state index in [2.05, 4.69) is 4.98 Å². The minimum atomic E-state index is -0.0462. The number of rotatable bonds is 1. The normalized spacial score (nSPS) is 10.8. The molecular formula is C12H12ClNO2. The van der Waals surface area contributed by atoms with Crippen molar-refractivity contribution in [2.24, 2.45) is 0 Å². The van der Waals surface area contributed by atoms with Crippen LogP contribution in [0.2, 0.25) is 5.02 Å². The highest BCUT2D eigenvalue weighted by molar-refractivity contribution is 6.35. The lowest BCUT2D eigenvalue weighted by molar-refractivity contribution is 0.419. The van der Waals surface area contributed by atoms with Crippen LogP contribution in [0.1, 0.15) is 11.3 Å². The number of fused-ring (bicyclic) bond motifs is 1. The third kappa shape index (κ3) is 1.48. The van der Waals surface area contributed by atoms with E-state index in [4.69, 9.17) is 16.3 Å². The van der Waals surface area contributed by atoms with Crippen LogP contribution in [-0.4, -0.2) is 12.1 Å². The van der Waals surface area contributed by atoms with Crippen molar-refractivity contribution in [1.29, 1.82) is 0 Å². The summed E-state index contributed by atoms with van der Waals surface area (Å²) >= 11 is 6.04. The van der Waals surface area contributed by atoms with Gasteiger partial charge in [-0.25, -0.2) is 0 Å². The Morgan fingerprint density at radius 3 is 2.62 bits per heavy atom. The molecule has 0 unspecified atom stereocenters. The highest BCUT2D eigenvalue weighted by atomic mass is 35.5. The van der Waals surface area contributed by atoms with E-state index in [1.165, 1.54) is 0 Å². The van der Waals surface area contributed by atoms with E-state index in [1.54, 1.807) is 26.2 Å². The molecule has 16 heavy (non-hydrogen) atoms. The zero-order valence-electron chi connectivity index (χ0n) is 9.35. The van der Waals surface area contributed by atoms with E-state index >= 15 is 0 Å². The lowest BCUT2D eigenvalue weighted by Crippen LogP contribution is -2.10. The van der Waals surface area contributed by atoms with Crippen molar-refractivity contribution in [2.45, 2.75) is 13.8 Å². The number of aromatic nitrogens is 1. The van der Waals surface area contributed by atoms with Crippen LogP contribution in [0.3, 0.4) is 0 Å². The summed E-state index contributed by atoms with van der Waals surface area (Å²) < 4.78 is 5.20. The lowest BCUT2D eigenvalue weighted by Gasteiger charge is -2.09. The van der Waals surface area contributed by atoms with Crippen molar-refractivity contribution in [3.05, 3.63) is 38.6 Å². The average molecular weight is 238 g/mol. The Morgan fingerprint density at radius 1 is 1.31 bits per heavy atom. The molecule has 2 aromatic rings. The van der Waals surface area contributed by atoms with Gasteiger partial charge in [0.05, 0.1) is 23.0 Å². The fourth-order valence-electron chi connectivity index (χ4n) is 1.71. The van der Waals surface area contributed by atoms with Crippen LogP contribution in [0, 0.1) is 13.8 Å². The molecule has 0 amide bonds. The summed E-state index contributed by atoms with van der Waals surface area (Å²) in [6, 6.07) is 3.42. The Balaban J connectivity index is 3.05. The van der Waals surface area contributed by atoms with E-state index < -0.39 is 0 Å². The van der Waals surface area contributed by atoms with Gasteiger partial charge in [0.2, 0.25) is 0 Å². The summed E-state index contributed by atoms with van der Waals surface area (Å²) in [5.74, 6) is 0.625. The molecule has 4 heteroatoms. The summed E-state index contributed by atoms with van der Waals surface area (Å²) in [5.41, 5.74) is 2.12. The molecule has 0 spiro atoms. The Labute approximate surface area is 98.0 Å². The quantitative estimate of drug-likeness (QED) is 0.829. The van der Waals surface area contributed by atoms with E-state index in [0.29, 0.717) is 27.2 Å². The van der Waals surface area contributed by atoms with E-state index in [9.17, 15) is 4.79 Å². The van der Waals surface area contributed by atoms with E-state index in [1.807, 2.05) is 6.92 Å². The molecular weight excluding hydrogens is 226 g/mol. The van der Waals surface area contributed by atoms with Gasteiger partial charge >= 0.3 is 0 Å². The van der Waals surface area contributed by atoms with Gasteiger partial charge in [0, 0.05) is 11.3 Å². The number of aryl methyl sites for hydroxylation is 1. The van der Waals surface area contributed by atoms with Gasteiger partial charge in [0.1, 0.15) is 5.75 Å². The summed E-state index contributed by atoms with van der Waals surface area (Å²) in [7, 11) is 1.57. The van der Waals surface area contributed by atoms with Crippen LogP contribution >= 0.6 is 11.6 Å². The topological polar surface area (TPSA) is 42.1 Å². The number of ether oxygens (including phenoxy) is 1. The number of pyridine rings is 1. The van der Waals surface area contributed by atoms with Gasteiger partial charge in [-0.3, -0.25) is 4.79 Å². The van der Waals surface area contributed by atoms with Gasteiger partial charge in [0.25, 0.3) is 0 Å². The van der Waals surface area contributed by atoms with Crippen molar-refractivity contribution >= 4 is 22.5 Å². The molecule has 0 radical (unpaired) electrons. The highest BCUT2D eigenvalue weighted by Gasteiger charge is 2.12. The Morgan fingerprint density at radius 2 is 2.00 bits per heavy atom. The molecule has 2 rings (SSSR count). The predicted molar refractivity (Wildman–Crippen MR) is 65.6 cm³/mol. The standard InChI is InChI=1S/C12H12ClNO2/c1-6-7(2)14-11-9(16-3)5-4-8(13)10(11)12(6)15/h4-5H,1-3H3,(H,14,15). The average Bonchev–Trinajstić information content (AvgIpc) is 2.26. The second-order valence-electron chi connectivity index (χ2n) is 3.70. The van der Waals surface area contributed by atoms with Crippen molar-refractivity contribution in [3.63, 3.8) is 0 Å². The lowest BCUT2D eigenvalue weighted by atomic mass is 10.1. The first-order valence-electron chi connectivity index (χ1n) is 4.92. The maximum atomic E-state index is 12.1. The number of H-pyrrole nitrogens is 1. The molecule has 1 N–H and O–H groups in total. The monoisotopic (exact) mass is 237 g/mol. The molecule has 1 heterocycles. The number of methoxy groups -OCH3 is 1. The van der Waals surface area contributed by atoms with Crippen LogP contribution in [0.25, 0.3) is 10.9 Å². The summed E-state index contributed by atoms with van der Waals surface area (Å²) in [6.45, 7) is 3.64. The summed E-state index contributed by atoms with van der Waals surface area (Å²) in [4.78, 5) is 15.2. The number of benzene rings is 1. The molecule has 0 saturated heterocycles. The minimum absolute atomic E-state index is 0.0462. The first-order valence-corrected chi connectivity index (χ1v) is 5.29. The van der Waals surface area contributed by atoms with Gasteiger partial charge in [-0.1, -0.05) is 11.6 Å². The van der Waals surface area contributed by atoms with Crippen LogP contribution in [0.4, 0.5) is 0 Å². The Kier molecular flexibility index (Phi) is 2.64. The van der Waals surface area contributed by atoms with Crippen LogP contribution in [-0.2, 0) is 0 Å². The van der Waals surface area contributed by atoms with E-state index in [-0.39, 0.29) is 5.43 Å². The molecule has 0 bridgehead atoms. The van der Waals surface area contributed by atoms with Gasteiger partial charge in [-0.2, -0.15) is 0 Å². The van der Waals surface area contributed by atoms with Crippen LogP contribution < -0.4 is 10.2 Å². The number of nitrogens with one attached hydrogen (secondary N) is 1. The molecule has 0 aliphatic carbocycles. The van der Waals surface area contributed by atoms with Crippen LogP contribution in [0.5, 0.6) is 5.75 Å².